The molecule has 0 radical (unpaired) electrons. The fourth-order valence-corrected chi connectivity index (χ4v) is 2.51. The van der Waals surface area contributed by atoms with Gasteiger partial charge in [0, 0.05) is 19.0 Å². The Balaban J connectivity index is 1.65. The lowest BCUT2D eigenvalue weighted by atomic mass is 10.2. The van der Waals surface area contributed by atoms with Crippen LogP contribution in [0.4, 0.5) is 0 Å². The van der Waals surface area contributed by atoms with E-state index < -0.39 is 11.9 Å². The fraction of sp³-hybridized carbons (Fsp3) is 0.429. The maximum atomic E-state index is 12.1. The summed E-state index contributed by atoms with van der Waals surface area (Å²) in [5.41, 5.74) is -0.128. The van der Waals surface area contributed by atoms with Gasteiger partial charge in [0.15, 0.2) is 0 Å². The Hall–Kier alpha value is -2.44. The van der Waals surface area contributed by atoms with Gasteiger partial charge in [-0.15, -0.1) is 0 Å². The first-order valence-corrected chi connectivity index (χ1v) is 6.85. The van der Waals surface area contributed by atoms with Gasteiger partial charge in [0.1, 0.15) is 11.4 Å². The molecule has 1 aliphatic heterocycles. The molecule has 0 bridgehead atoms. The number of carboxylic acids is 1. The summed E-state index contributed by atoms with van der Waals surface area (Å²) in [6, 6.07) is 4.36. The SMILES string of the molecule is O=C(O)c1cccc(C(=O)NC2CC(=O)N(C3CC3)C2)n1. The molecule has 1 saturated heterocycles. The number of carboxylic acid groups (broad SMARTS) is 1. The monoisotopic (exact) mass is 289 g/mol. The third kappa shape index (κ3) is 2.86. The zero-order valence-electron chi connectivity index (χ0n) is 11.3. The van der Waals surface area contributed by atoms with E-state index in [4.69, 9.17) is 5.11 Å². The highest BCUT2D eigenvalue weighted by Gasteiger charge is 2.39. The Morgan fingerprint density at radius 2 is 2.00 bits per heavy atom. The lowest BCUT2D eigenvalue weighted by Crippen LogP contribution is -2.38. The van der Waals surface area contributed by atoms with Crippen LogP contribution in [-0.4, -0.2) is 51.4 Å². The van der Waals surface area contributed by atoms with Crippen molar-refractivity contribution in [1.29, 1.82) is 0 Å². The van der Waals surface area contributed by atoms with Gasteiger partial charge in [0.05, 0.1) is 6.04 Å². The van der Waals surface area contributed by atoms with Crippen LogP contribution < -0.4 is 5.32 Å². The molecule has 1 unspecified atom stereocenters. The predicted molar refractivity (Wildman–Crippen MR) is 71.8 cm³/mol. The summed E-state index contributed by atoms with van der Waals surface area (Å²) in [5, 5.41) is 11.6. The van der Waals surface area contributed by atoms with Crippen molar-refractivity contribution < 1.29 is 19.5 Å². The minimum Gasteiger partial charge on any atom is -0.477 e. The van der Waals surface area contributed by atoms with Crippen molar-refractivity contribution in [3.05, 3.63) is 29.6 Å². The van der Waals surface area contributed by atoms with Crippen LogP contribution in [0, 0.1) is 0 Å². The van der Waals surface area contributed by atoms with Gasteiger partial charge in [0.25, 0.3) is 5.91 Å². The molecular weight excluding hydrogens is 274 g/mol. The normalized spacial score (nSPS) is 21.4. The average Bonchev–Trinajstić information content (AvgIpc) is 3.23. The van der Waals surface area contributed by atoms with E-state index in [9.17, 15) is 14.4 Å². The number of likely N-dealkylation sites (tertiary alicyclic amines) is 1. The fourth-order valence-electron chi connectivity index (χ4n) is 2.51. The van der Waals surface area contributed by atoms with Crippen molar-refractivity contribution in [2.75, 3.05) is 6.54 Å². The highest BCUT2D eigenvalue weighted by atomic mass is 16.4. The van der Waals surface area contributed by atoms with E-state index in [1.807, 2.05) is 4.90 Å². The first-order valence-electron chi connectivity index (χ1n) is 6.85. The Kier molecular flexibility index (Phi) is 3.32. The van der Waals surface area contributed by atoms with Crippen LogP contribution in [0.3, 0.4) is 0 Å². The highest BCUT2D eigenvalue weighted by molar-refractivity contribution is 5.95. The van der Waals surface area contributed by atoms with Crippen molar-refractivity contribution >= 4 is 17.8 Å². The second-order valence-corrected chi connectivity index (χ2v) is 5.37. The van der Waals surface area contributed by atoms with Crippen LogP contribution in [0.1, 0.15) is 40.2 Å². The number of aromatic carboxylic acids is 1. The summed E-state index contributed by atoms with van der Waals surface area (Å²) in [5.74, 6) is -1.57. The van der Waals surface area contributed by atoms with Gasteiger partial charge in [0.2, 0.25) is 5.91 Å². The van der Waals surface area contributed by atoms with E-state index in [2.05, 4.69) is 10.3 Å². The van der Waals surface area contributed by atoms with E-state index in [1.165, 1.54) is 18.2 Å². The van der Waals surface area contributed by atoms with Crippen molar-refractivity contribution in [1.82, 2.24) is 15.2 Å². The van der Waals surface area contributed by atoms with Crippen LogP contribution >= 0.6 is 0 Å². The smallest absolute Gasteiger partial charge is 0.354 e. The first kappa shape index (κ1) is 13.5. The highest BCUT2D eigenvalue weighted by Crippen LogP contribution is 2.30. The zero-order chi connectivity index (χ0) is 15.0. The van der Waals surface area contributed by atoms with E-state index in [-0.39, 0.29) is 23.3 Å². The van der Waals surface area contributed by atoms with E-state index >= 15 is 0 Å². The van der Waals surface area contributed by atoms with Crippen molar-refractivity contribution in [3.63, 3.8) is 0 Å². The molecule has 0 aromatic carbocycles. The minimum absolute atomic E-state index is 0.0484. The molecule has 7 nitrogen and oxygen atoms in total. The van der Waals surface area contributed by atoms with Gasteiger partial charge in [-0.2, -0.15) is 0 Å². The van der Waals surface area contributed by atoms with Crippen molar-refractivity contribution in [2.24, 2.45) is 0 Å². The maximum Gasteiger partial charge on any atom is 0.354 e. The number of carbonyl (C=O) groups excluding carboxylic acids is 2. The molecule has 21 heavy (non-hydrogen) atoms. The molecule has 1 atom stereocenters. The minimum atomic E-state index is -1.18. The molecule has 2 amide bonds. The second-order valence-electron chi connectivity index (χ2n) is 5.37. The number of nitrogens with one attached hydrogen (secondary N) is 1. The second kappa shape index (κ2) is 5.16. The molecular formula is C14H15N3O4. The number of amides is 2. The summed E-state index contributed by atoms with van der Waals surface area (Å²) >= 11 is 0. The van der Waals surface area contributed by atoms with Gasteiger partial charge in [-0.25, -0.2) is 9.78 Å². The number of carbonyl (C=O) groups is 3. The standard InChI is InChI=1S/C14H15N3O4/c18-12-6-8(7-17(12)9-4-5-9)15-13(19)10-2-1-3-11(16-10)14(20)21/h1-3,8-9H,4-7H2,(H,15,19)(H,20,21). The topological polar surface area (TPSA) is 99.6 Å². The number of nitrogens with zero attached hydrogens (tertiary/aromatic N) is 2. The zero-order valence-corrected chi connectivity index (χ0v) is 11.3. The lowest BCUT2D eigenvalue weighted by molar-refractivity contribution is -0.128. The predicted octanol–water partition coefficient (Wildman–Crippen LogP) is 0.273. The molecule has 1 aromatic rings. The molecule has 2 fully saturated rings. The number of hydrogen-bond donors (Lipinski definition) is 2. The summed E-state index contributed by atoms with van der Waals surface area (Å²) in [6.07, 6.45) is 2.37. The third-order valence-electron chi connectivity index (χ3n) is 3.68. The van der Waals surface area contributed by atoms with Gasteiger partial charge in [-0.05, 0) is 25.0 Å². The van der Waals surface area contributed by atoms with Crippen molar-refractivity contribution in [2.45, 2.75) is 31.3 Å². The quantitative estimate of drug-likeness (QED) is 0.829. The van der Waals surface area contributed by atoms with Crippen LogP contribution in [0.5, 0.6) is 0 Å². The summed E-state index contributed by atoms with van der Waals surface area (Å²) < 4.78 is 0. The molecule has 2 N–H and O–H groups in total. The largest absolute Gasteiger partial charge is 0.477 e. The molecule has 7 heteroatoms. The Bertz CT molecular complexity index is 612. The number of pyridine rings is 1. The number of rotatable bonds is 4. The lowest BCUT2D eigenvalue weighted by Gasteiger charge is -2.16. The van der Waals surface area contributed by atoms with Gasteiger partial charge >= 0.3 is 5.97 Å². The Morgan fingerprint density at radius 1 is 1.29 bits per heavy atom. The van der Waals surface area contributed by atoms with Gasteiger partial charge < -0.3 is 15.3 Å². The maximum absolute atomic E-state index is 12.1. The summed E-state index contributed by atoms with van der Waals surface area (Å²) in [4.78, 5) is 40.3. The van der Waals surface area contributed by atoms with Crippen molar-refractivity contribution in [3.8, 4) is 0 Å². The van der Waals surface area contributed by atoms with E-state index in [0.29, 0.717) is 19.0 Å². The van der Waals surface area contributed by atoms with Crippen LogP contribution in [0.2, 0.25) is 0 Å². The molecule has 1 aliphatic carbocycles. The number of aromatic nitrogens is 1. The van der Waals surface area contributed by atoms with Gasteiger partial charge in [-0.3, -0.25) is 9.59 Å². The van der Waals surface area contributed by atoms with Crippen LogP contribution in [0.15, 0.2) is 18.2 Å². The summed E-state index contributed by atoms with van der Waals surface area (Å²) in [7, 11) is 0. The molecule has 3 rings (SSSR count). The molecule has 2 aliphatic rings. The third-order valence-corrected chi connectivity index (χ3v) is 3.68. The van der Waals surface area contributed by atoms with E-state index in [1.54, 1.807) is 0 Å². The van der Waals surface area contributed by atoms with Crippen LogP contribution in [-0.2, 0) is 4.79 Å². The average molecular weight is 289 g/mol. The first-order chi connectivity index (χ1) is 10.0. The Labute approximate surface area is 121 Å². The molecule has 2 heterocycles. The molecule has 110 valence electrons. The Morgan fingerprint density at radius 3 is 2.67 bits per heavy atom. The number of hydrogen-bond acceptors (Lipinski definition) is 4. The van der Waals surface area contributed by atoms with Crippen LogP contribution in [0.25, 0.3) is 0 Å². The van der Waals surface area contributed by atoms with E-state index in [0.717, 1.165) is 12.8 Å². The van der Waals surface area contributed by atoms with Gasteiger partial charge in [-0.1, -0.05) is 6.07 Å². The molecule has 0 spiro atoms. The summed E-state index contributed by atoms with van der Waals surface area (Å²) in [6.45, 7) is 0.522. The molecule has 1 saturated carbocycles. The molecule has 1 aromatic heterocycles.